The van der Waals surface area contributed by atoms with Gasteiger partial charge in [-0.2, -0.15) is 8.42 Å². The molecule has 0 aliphatic carbocycles. The highest BCUT2D eigenvalue weighted by Gasteiger charge is 2.22. The van der Waals surface area contributed by atoms with Gasteiger partial charge in [-0.25, -0.2) is 0 Å². The Morgan fingerprint density at radius 1 is 1.47 bits per heavy atom. The van der Waals surface area contributed by atoms with E-state index in [-0.39, 0.29) is 12.3 Å². The van der Waals surface area contributed by atoms with Gasteiger partial charge in [-0.1, -0.05) is 6.07 Å². The third kappa shape index (κ3) is 3.42. The van der Waals surface area contributed by atoms with Crippen LogP contribution in [0.25, 0.3) is 0 Å². The van der Waals surface area contributed by atoms with Crippen molar-refractivity contribution in [3.63, 3.8) is 0 Å². The minimum absolute atomic E-state index is 0.0367. The van der Waals surface area contributed by atoms with Crippen LogP contribution in [-0.2, 0) is 20.7 Å². The van der Waals surface area contributed by atoms with Gasteiger partial charge in [0.05, 0.1) is 17.8 Å². The van der Waals surface area contributed by atoms with Gasteiger partial charge in [0.2, 0.25) is 0 Å². The van der Waals surface area contributed by atoms with E-state index in [4.69, 9.17) is 0 Å². The highest BCUT2D eigenvalue weighted by molar-refractivity contribution is 7.85. The highest BCUT2D eigenvalue weighted by atomic mass is 32.2. The Hall–Kier alpha value is -1.67. The van der Waals surface area contributed by atoms with Gasteiger partial charge in [-0.3, -0.25) is 14.3 Å². The minimum Gasteiger partial charge on any atom is -0.368 e. The molecule has 0 aromatic heterocycles. The lowest BCUT2D eigenvalue weighted by molar-refractivity contribution is -0.384. The molecule has 1 heterocycles. The fourth-order valence-electron chi connectivity index (χ4n) is 2.08. The predicted molar refractivity (Wildman–Crippen MR) is 69.8 cm³/mol. The minimum atomic E-state index is -3.45. The molecule has 0 N–H and O–H groups in total. The molecule has 104 valence electrons. The number of hydrogen-bond acceptors (Lipinski definition) is 6. The first kappa shape index (κ1) is 13.8. The van der Waals surface area contributed by atoms with Crippen LogP contribution in [0.15, 0.2) is 18.2 Å². The maximum atomic E-state index is 10.9. The molecule has 19 heavy (non-hydrogen) atoms. The van der Waals surface area contributed by atoms with Crippen LogP contribution in [0.2, 0.25) is 0 Å². The SMILES string of the molecule is CS(=O)(=O)OCCN1CCc2ccc([N+](=O)[O-])cc21. The summed E-state index contributed by atoms with van der Waals surface area (Å²) in [5.74, 6) is 0. The summed E-state index contributed by atoms with van der Waals surface area (Å²) in [6.45, 7) is 1.14. The molecule has 0 amide bonds. The van der Waals surface area contributed by atoms with Gasteiger partial charge < -0.3 is 4.90 Å². The van der Waals surface area contributed by atoms with Crippen LogP contribution in [0, 0.1) is 10.1 Å². The molecule has 1 aromatic carbocycles. The maximum absolute atomic E-state index is 10.9. The standard InChI is InChI=1S/C11H14N2O5S/c1-19(16,17)18-7-6-12-5-4-9-2-3-10(13(14)15)8-11(9)12/h2-3,8H,4-7H2,1H3. The van der Waals surface area contributed by atoms with Crippen LogP contribution in [0.1, 0.15) is 5.56 Å². The quantitative estimate of drug-likeness (QED) is 0.454. The zero-order chi connectivity index (χ0) is 14.0. The topological polar surface area (TPSA) is 89.8 Å². The molecule has 1 aliphatic heterocycles. The summed E-state index contributed by atoms with van der Waals surface area (Å²) in [6.07, 6.45) is 1.79. The molecule has 1 aromatic rings. The van der Waals surface area contributed by atoms with Gasteiger partial charge in [0.25, 0.3) is 15.8 Å². The molecule has 0 spiro atoms. The Balaban J connectivity index is 2.08. The van der Waals surface area contributed by atoms with Crippen molar-refractivity contribution in [1.29, 1.82) is 0 Å². The van der Waals surface area contributed by atoms with Crippen molar-refractivity contribution in [2.24, 2.45) is 0 Å². The molecule has 1 aliphatic rings. The number of non-ortho nitro benzene ring substituents is 1. The van der Waals surface area contributed by atoms with E-state index in [1.54, 1.807) is 6.07 Å². The lowest BCUT2D eigenvalue weighted by Crippen LogP contribution is -2.26. The first-order valence-electron chi connectivity index (χ1n) is 5.73. The van der Waals surface area contributed by atoms with E-state index in [1.807, 2.05) is 4.90 Å². The lowest BCUT2D eigenvalue weighted by Gasteiger charge is -2.18. The van der Waals surface area contributed by atoms with Crippen LogP contribution in [0.5, 0.6) is 0 Å². The van der Waals surface area contributed by atoms with E-state index in [2.05, 4.69) is 4.18 Å². The molecule has 0 unspecified atom stereocenters. The summed E-state index contributed by atoms with van der Waals surface area (Å²) in [5, 5.41) is 10.7. The van der Waals surface area contributed by atoms with Gasteiger partial charge in [0, 0.05) is 30.9 Å². The van der Waals surface area contributed by atoms with Gasteiger partial charge in [0.1, 0.15) is 0 Å². The molecular weight excluding hydrogens is 272 g/mol. The van der Waals surface area contributed by atoms with E-state index in [0.717, 1.165) is 23.9 Å². The molecular formula is C11H14N2O5S. The van der Waals surface area contributed by atoms with Gasteiger partial charge in [-0.05, 0) is 12.0 Å². The first-order valence-corrected chi connectivity index (χ1v) is 7.55. The summed E-state index contributed by atoms with van der Waals surface area (Å²) in [5.41, 5.74) is 1.85. The Morgan fingerprint density at radius 2 is 2.21 bits per heavy atom. The van der Waals surface area contributed by atoms with Crippen LogP contribution in [-0.4, -0.2) is 39.3 Å². The molecule has 7 nitrogen and oxygen atoms in total. The third-order valence-electron chi connectivity index (χ3n) is 2.93. The smallest absolute Gasteiger partial charge is 0.271 e. The summed E-state index contributed by atoms with van der Waals surface area (Å²) in [6, 6.07) is 4.74. The van der Waals surface area contributed by atoms with E-state index in [9.17, 15) is 18.5 Å². The number of benzene rings is 1. The van der Waals surface area contributed by atoms with Gasteiger partial charge in [0.15, 0.2) is 0 Å². The number of nitro benzene ring substituents is 1. The fourth-order valence-corrected chi connectivity index (χ4v) is 2.46. The highest BCUT2D eigenvalue weighted by Crippen LogP contribution is 2.31. The summed E-state index contributed by atoms with van der Waals surface area (Å²) in [4.78, 5) is 12.2. The second kappa shape index (κ2) is 5.14. The molecule has 0 saturated carbocycles. The number of rotatable bonds is 5. The molecule has 0 radical (unpaired) electrons. The van der Waals surface area contributed by atoms with E-state index in [0.29, 0.717) is 13.1 Å². The van der Waals surface area contributed by atoms with Gasteiger partial charge >= 0.3 is 0 Å². The number of hydrogen-bond donors (Lipinski definition) is 0. The molecule has 0 fully saturated rings. The Labute approximate surface area is 111 Å². The van der Waals surface area contributed by atoms with Crippen molar-refractivity contribution in [1.82, 2.24) is 0 Å². The average Bonchev–Trinajstić information content (AvgIpc) is 2.70. The Morgan fingerprint density at radius 3 is 2.84 bits per heavy atom. The average molecular weight is 286 g/mol. The zero-order valence-corrected chi connectivity index (χ0v) is 11.2. The molecule has 0 saturated heterocycles. The number of fused-ring (bicyclic) bond motifs is 1. The lowest BCUT2D eigenvalue weighted by atomic mass is 10.1. The molecule has 0 atom stereocenters. The summed E-state index contributed by atoms with van der Waals surface area (Å²) >= 11 is 0. The number of anilines is 1. The van der Waals surface area contributed by atoms with Crippen molar-refractivity contribution in [2.45, 2.75) is 6.42 Å². The summed E-state index contributed by atoms with van der Waals surface area (Å²) < 4.78 is 26.4. The van der Waals surface area contributed by atoms with Crippen molar-refractivity contribution in [3.8, 4) is 0 Å². The van der Waals surface area contributed by atoms with Crippen LogP contribution < -0.4 is 4.90 Å². The largest absolute Gasteiger partial charge is 0.368 e. The maximum Gasteiger partial charge on any atom is 0.271 e. The second-order valence-electron chi connectivity index (χ2n) is 4.33. The summed E-state index contributed by atoms with van der Waals surface area (Å²) in [7, 11) is -3.45. The second-order valence-corrected chi connectivity index (χ2v) is 5.98. The van der Waals surface area contributed by atoms with Gasteiger partial charge in [-0.15, -0.1) is 0 Å². The van der Waals surface area contributed by atoms with Crippen molar-refractivity contribution >= 4 is 21.5 Å². The molecule has 8 heteroatoms. The Kier molecular flexibility index (Phi) is 3.72. The van der Waals surface area contributed by atoms with Crippen LogP contribution >= 0.6 is 0 Å². The van der Waals surface area contributed by atoms with E-state index < -0.39 is 15.0 Å². The van der Waals surface area contributed by atoms with Crippen LogP contribution in [0.3, 0.4) is 0 Å². The molecule has 2 rings (SSSR count). The van der Waals surface area contributed by atoms with Crippen molar-refractivity contribution in [3.05, 3.63) is 33.9 Å². The van der Waals surface area contributed by atoms with Crippen molar-refractivity contribution < 1.29 is 17.5 Å². The Bertz CT molecular complexity index is 599. The first-order chi connectivity index (χ1) is 8.87. The van der Waals surface area contributed by atoms with Crippen molar-refractivity contribution in [2.75, 3.05) is 30.9 Å². The predicted octanol–water partition coefficient (Wildman–Crippen LogP) is 0.934. The number of nitro groups is 1. The van der Waals surface area contributed by atoms with E-state index in [1.165, 1.54) is 12.1 Å². The number of nitrogens with zero attached hydrogens (tertiary/aromatic N) is 2. The zero-order valence-electron chi connectivity index (χ0n) is 10.4. The monoisotopic (exact) mass is 286 g/mol. The third-order valence-corrected chi connectivity index (χ3v) is 3.52. The fraction of sp³-hybridized carbons (Fsp3) is 0.455. The van der Waals surface area contributed by atoms with Crippen LogP contribution in [0.4, 0.5) is 11.4 Å². The normalized spacial score (nSPS) is 14.5. The van der Waals surface area contributed by atoms with E-state index >= 15 is 0 Å². The molecule has 0 bridgehead atoms.